The minimum atomic E-state index is 0.0140. The SMILES string of the molecule is O=C1NCC[C@H]1SCc1cn(-c2ccc(Cl)c(Cl)c2)nn1. The van der Waals surface area contributed by atoms with Crippen LogP contribution >= 0.6 is 35.0 Å². The molecule has 1 amide bonds. The van der Waals surface area contributed by atoms with Gasteiger partial charge < -0.3 is 5.32 Å². The molecule has 1 fully saturated rings. The van der Waals surface area contributed by atoms with Crippen molar-refractivity contribution in [2.24, 2.45) is 0 Å². The van der Waals surface area contributed by atoms with E-state index in [1.54, 1.807) is 28.6 Å². The summed E-state index contributed by atoms with van der Waals surface area (Å²) < 4.78 is 1.65. The number of nitrogens with one attached hydrogen (secondary N) is 1. The summed E-state index contributed by atoms with van der Waals surface area (Å²) in [6.45, 7) is 0.756. The zero-order valence-corrected chi connectivity index (χ0v) is 13.3. The van der Waals surface area contributed by atoms with E-state index in [2.05, 4.69) is 15.6 Å². The molecule has 0 spiro atoms. The average Bonchev–Trinajstić information content (AvgIpc) is 3.09. The smallest absolute Gasteiger partial charge is 0.233 e. The first-order valence-corrected chi connectivity index (χ1v) is 8.20. The third kappa shape index (κ3) is 3.33. The maximum atomic E-state index is 11.5. The molecule has 5 nitrogen and oxygen atoms in total. The van der Waals surface area contributed by atoms with Gasteiger partial charge in [-0.3, -0.25) is 4.79 Å². The van der Waals surface area contributed by atoms with Crippen LogP contribution in [0, 0.1) is 0 Å². The summed E-state index contributed by atoms with van der Waals surface area (Å²) in [5.74, 6) is 0.760. The van der Waals surface area contributed by atoms with Crippen molar-refractivity contribution in [3.63, 3.8) is 0 Å². The van der Waals surface area contributed by atoms with Crippen LogP contribution in [0.1, 0.15) is 12.1 Å². The van der Waals surface area contributed by atoms with Crippen LogP contribution in [-0.2, 0) is 10.5 Å². The molecule has 1 aliphatic rings. The number of carbonyl (C=O) groups excluding carboxylic acids is 1. The normalized spacial score (nSPS) is 18.0. The van der Waals surface area contributed by atoms with Gasteiger partial charge >= 0.3 is 0 Å². The monoisotopic (exact) mass is 342 g/mol. The Hall–Kier alpha value is -1.24. The van der Waals surface area contributed by atoms with Crippen molar-refractivity contribution in [3.05, 3.63) is 40.1 Å². The second-order valence-electron chi connectivity index (χ2n) is 4.63. The van der Waals surface area contributed by atoms with Crippen LogP contribution in [0.15, 0.2) is 24.4 Å². The fraction of sp³-hybridized carbons (Fsp3) is 0.308. The number of carbonyl (C=O) groups is 1. The van der Waals surface area contributed by atoms with Gasteiger partial charge in [-0.05, 0) is 24.6 Å². The Morgan fingerprint density at radius 3 is 2.95 bits per heavy atom. The molecular formula is C13H12Cl2N4OS. The summed E-state index contributed by atoms with van der Waals surface area (Å²) in [4.78, 5) is 11.5. The standard InChI is InChI=1S/C13H12Cl2N4OS/c14-10-2-1-9(5-11(10)15)19-6-8(17-18-19)7-21-12-3-4-16-13(12)20/h1-2,5-6,12H,3-4,7H2,(H,16,20)/t12-/m1/s1. The number of aromatic nitrogens is 3. The molecule has 1 N–H and O–H groups in total. The third-order valence-corrected chi connectivity index (χ3v) is 5.19. The van der Waals surface area contributed by atoms with E-state index in [0.717, 1.165) is 24.3 Å². The number of halogens is 2. The summed E-state index contributed by atoms with van der Waals surface area (Å²) in [6, 6.07) is 5.28. The Morgan fingerprint density at radius 2 is 2.24 bits per heavy atom. The Bertz CT molecular complexity index is 676. The number of hydrogen-bond donors (Lipinski definition) is 1. The Labute approximate surface area is 136 Å². The highest BCUT2D eigenvalue weighted by molar-refractivity contribution is 7.99. The van der Waals surface area contributed by atoms with E-state index < -0.39 is 0 Å². The highest BCUT2D eigenvalue weighted by Gasteiger charge is 2.24. The third-order valence-electron chi connectivity index (χ3n) is 3.14. The van der Waals surface area contributed by atoms with Gasteiger partial charge in [-0.2, -0.15) is 0 Å². The number of nitrogens with zero attached hydrogens (tertiary/aromatic N) is 3. The Balaban J connectivity index is 1.68. The molecule has 1 atom stereocenters. The fourth-order valence-corrected chi connectivity index (χ4v) is 3.35. The maximum absolute atomic E-state index is 11.5. The van der Waals surface area contributed by atoms with Crippen molar-refractivity contribution in [2.75, 3.05) is 6.54 Å². The average molecular weight is 343 g/mol. The highest BCUT2D eigenvalue weighted by Crippen LogP contribution is 2.25. The van der Waals surface area contributed by atoms with Gasteiger partial charge in [0.05, 0.1) is 32.9 Å². The molecule has 110 valence electrons. The van der Waals surface area contributed by atoms with E-state index in [9.17, 15) is 4.79 Å². The minimum Gasteiger partial charge on any atom is -0.355 e. The Kier molecular flexibility index (Phi) is 4.37. The molecule has 0 unspecified atom stereocenters. The van der Waals surface area contributed by atoms with Crippen LogP contribution in [0.2, 0.25) is 10.0 Å². The largest absolute Gasteiger partial charge is 0.355 e. The van der Waals surface area contributed by atoms with Gasteiger partial charge in [0.2, 0.25) is 5.91 Å². The van der Waals surface area contributed by atoms with E-state index in [1.165, 1.54) is 0 Å². The van der Waals surface area contributed by atoms with Crippen LogP contribution in [0.5, 0.6) is 0 Å². The van der Waals surface area contributed by atoms with E-state index in [1.807, 2.05) is 12.3 Å². The molecule has 1 saturated heterocycles. The van der Waals surface area contributed by atoms with E-state index in [-0.39, 0.29) is 11.2 Å². The van der Waals surface area contributed by atoms with Crippen molar-refractivity contribution in [3.8, 4) is 5.69 Å². The number of rotatable bonds is 4. The van der Waals surface area contributed by atoms with Crippen LogP contribution < -0.4 is 5.32 Å². The first-order valence-electron chi connectivity index (χ1n) is 6.39. The number of amides is 1. The van der Waals surface area contributed by atoms with Crippen molar-refractivity contribution in [1.82, 2.24) is 20.3 Å². The van der Waals surface area contributed by atoms with Crippen molar-refractivity contribution in [2.45, 2.75) is 17.4 Å². The van der Waals surface area contributed by atoms with Crippen molar-refractivity contribution in [1.29, 1.82) is 0 Å². The van der Waals surface area contributed by atoms with Gasteiger partial charge in [-0.1, -0.05) is 28.4 Å². The minimum absolute atomic E-state index is 0.0140. The molecule has 8 heteroatoms. The van der Waals surface area contributed by atoms with E-state index >= 15 is 0 Å². The lowest BCUT2D eigenvalue weighted by Crippen LogP contribution is -2.20. The van der Waals surface area contributed by atoms with Crippen LogP contribution in [-0.4, -0.2) is 32.7 Å². The molecule has 0 aliphatic carbocycles. The number of benzene rings is 1. The second-order valence-corrected chi connectivity index (χ2v) is 6.64. The number of hydrogen-bond acceptors (Lipinski definition) is 4. The zero-order chi connectivity index (χ0) is 14.8. The summed E-state index contributed by atoms with van der Waals surface area (Å²) in [5, 5.41) is 12.0. The fourth-order valence-electron chi connectivity index (χ4n) is 2.03. The lowest BCUT2D eigenvalue weighted by atomic mass is 10.3. The molecule has 1 aliphatic heterocycles. The predicted molar refractivity (Wildman–Crippen MR) is 84.1 cm³/mol. The first kappa shape index (κ1) is 14.7. The summed E-state index contributed by atoms with van der Waals surface area (Å²) >= 11 is 13.5. The summed E-state index contributed by atoms with van der Waals surface area (Å²) in [6.07, 6.45) is 2.70. The topological polar surface area (TPSA) is 59.8 Å². The molecular weight excluding hydrogens is 331 g/mol. The summed E-state index contributed by atoms with van der Waals surface area (Å²) in [7, 11) is 0. The zero-order valence-electron chi connectivity index (χ0n) is 10.9. The predicted octanol–water partition coefficient (Wildman–Crippen LogP) is 2.70. The van der Waals surface area contributed by atoms with Gasteiger partial charge in [0.25, 0.3) is 0 Å². The number of thioether (sulfide) groups is 1. The van der Waals surface area contributed by atoms with Crippen LogP contribution in [0.4, 0.5) is 0 Å². The van der Waals surface area contributed by atoms with Gasteiger partial charge in [0.15, 0.2) is 0 Å². The Morgan fingerprint density at radius 1 is 1.38 bits per heavy atom. The molecule has 2 aromatic rings. The summed E-state index contributed by atoms with van der Waals surface area (Å²) in [5.41, 5.74) is 1.62. The first-order chi connectivity index (χ1) is 10.1. The van der Waals surface area contributed by atoms with Crippen LogP contribution in [0.3, 0.4) is 0 Å². The van der Waals surface area contributed by atoms with Crippen molar-refractivity contribution < 1.29 is 4.79 Å². The van der Waals surface area contributed by atoms with Gasteiger partial charge in [-0.15, -0.1) is 16.9 Å². The molecule has 3 rings (SSSR count). The van der Waals surface area contributed by atoms with E-state index in [0.29, 0.717) is 15.8 Å². The quantitative estimate of drug-likeness (QED) is 0.927. The molecule has 1 aromatic heterocycles. The van der Waals surface area contributed by atoms with Gasteiger partial charge in [0, 0.05) is 12.3 Å². The molecule has 1 aromatic carbocycles. The van der Waals surface area contributed by atoms with E-state index in [4.69, 9.17) is 23.2 Å². The van der Waals surface area contributed by atoms with Gasteiger partial charge in [-0.25, -0.2) is 4.68 Å². The van der Waals surface area contributed by atoms with Crippen LogP contribution in [0.25, 0.3) is 5.69 Å². The second kappa shape index (κ2) is 6.25. The molecule has 21 heavy (non-hydrogen) atoms. The lowest BCUT2D eigenvalue weighted by molar-refractivity contribution is -0.118. The lowest BCUT2D eigenvalue weighted by Gasteiger charge is -2.03. The maximum Gasteiger partial charge on any atom is 0.233 e. The molecule has 2 heterocycles. The molecule has 0 saturated carbocycles. The van der Waals surface area contributed by atoms with Gasteiger partial charge in [0.1, 0.15) is 0 Å². The molecule has 0 bridgehead atoms. The molecule has 0 radical (unpaired) electrons. The van der Waals surface area contributed by atoms with Crippen molar-refractivity contribution >= 4 is 40.9 Å². The highest BCUT2D eigenvalue weighted by atomic mass is 35.5.